The Hall–Kier alpha value is -2.09. The summed E-state index contributed by atoms with van der Waals surface area (Å²) in [6, 6.07) is 0. The molecular formula is C15H19NO. The lowest BCUT2D eigenvalue weighted by molar-refractivity contribution is -0.114. The molecule has 1 amide bonds. The third-order valence-corrected chi connectivity index (χ3v) is 2.61. The van der Waals surface area contributed by atoms with Crippen molar-refractivity contribution in [1.82, 2.24) is 0 Å². The number of amides is 1. The smallest absolute Gasteiger partial charge is 0.248 e. The predicted molar refractivity (Wildman–Crippen MR) is 74.3 cm³/mol. The number of primary amides is 1. The minimum absolute atomic E-state index is 0.131. The summed E-state index contributed by atoms with van der Waals surface area (Å²) in [4.78, 5) is 11.0. The summed E-state index contributed by atoms with van der Waals surface area (Å²) in [6.45, 7) is 24.7. The van der Waals surface area contributed by atoms with Crippen LogP contribution in [0, 0.1) is 0 Å². The van der Waals surface area contributed by atoms with E-state index in [0.29, 0.717) is 22.3 Å². The monoisotopic (exact) mass is 229 g/mol. The lowest BCUT2D eigenvalue weighted by Gasteiger charge is -2.15. The van der Waals surface area contributed by atoms with Gasteiger partial charge in [-0.05, 0) is 34.3 Å². The van der Waals surface area contributed by atoms with Crippen LogP contribution >= 0.6 is 0 Å². The van der Waals surface area contributed by atoms with E-state index >= 15 is 0 Å². The Morgan fingerprint density at radius 2 is 1.18 bits per heavy atom. The van der Waals surface area contributed by atoms with Gasteiger partial charge in [0, 0.05) is 5.57 Å². The zero-order valence-corrected chi connectivity index (χ0v) is 10.4. The Morgan fingerprint density at radius 3 is 1.53 bits per heavy atom. The number of allylic oxidation sites excluding steroid dienone is 4. The fourth-order valence-corrected chi connectivity index (χ4v) is 1.12. The molecule has 0 saturated heterocycles. The topological polar surface area (TPSA) is 43.1 Å². The van der Waals surface area contributed by atoms with Gasteiger partial charge in [0.2, 0.25) is 5.91 Å². The minimum atomic E-state index is -0.621. The van der Waals surface area contributed by atoms with Crippen LogP contribution < -0.4 is 5.73 Å². The van der Waals surface area contributed by atoms with Crippen LogP contribution in [0.2, 0.25) is 0 Å². The summed E-state index contributed by atoms with van der Waals surface area (Å²) in [5.74, 6) is -0.621. The number of hydrogen-bond acceptors (Lipinski definition) is 1. The van der Waals surface area contributed by atoms with Crippen LogP contribution in [0.25, 0.3) is 0 Å². The lowest BCUT2D eigenvalue weighted by Crippen LogP contribution is -2.15. The van der Waals surface area contributed by atoms with Crippen LogP contribution in [-0.4, -0.2) is 5.91 Å². The first-order valence-corrected chi connectivity index (χ1v) is 5.17. The van der Waals surface area contributed by atoms with Crippen molar-refractivity contribution in [1.29, 1.82) is 0 Å². The molecule has 90 valence electrons. The van der Waals surface area contributed by atoms with E-state index in [1.165, 1.54) is 0 Å². The molecular weight excluding hydrogens is 210 g/mol. The third-order valence-electron chi connectivity index (χ3n) is 2.61. The Morgan fingerprint density at radius 1 is 0.824 bits per heavy atom. The minimum Gasteiger partial charge on any atom is -0.366 e. The van der Waals surface area contributed by atoms with E-state index in [0.717, 1.165) is 12.0 Å². The molecule has 17 heavy (non-hydrogen) atoms. The molecule has 2 heteroatoms. The third kappa shape index (κ3) is 3.45. The molecule has 0 aromatic heterocycles. The first-order chi connectivity index (χ1) is 7.73. The van der Waals surface area contributed by atoms with E-state index < -0.39 is 5.91 Å². The van der Waals surface area contributed by atoms with Gasteiger partial charge < -0.3 is 5.73 Å². The van der Waals surface area contributed by atoms with Crippen LogP contribution in [0.3, 0.4) is 0 Å². The van der Waals surface area contributed by atoms with Crippen molar-refractivity contribution in [2.45, 2.75) is 13.3 Å². The number of rotatable bonds is 7. The maximum absolute atomic E-state index is 11.0. The second kappa shape index (κ2) is 5.85. The highest BCUT2D eigenvalue weighted by Gasteiger charge is 2.14. The maximum atomic E-state index is 11.0. The van der Waals surface area contributed by atoms with Gasteiger partial charge in [0.15, 0.2) is 0 Å². The number of carbonyl (C=O) groups is 1. The van der Waals surface area contributed by atoms with E-state index in [9.17, 15) is 4.79 Å². The van der Waals surface area contributed by atoms with Gasteiger partial charge in [-0.3, -0.25) is 4.79 Å². The van der Waals surface area contributed by atoms with E-state index in [-0.39, 0.29) is 5.57 Å². The summed E-state index contributed by atoms with van der Waals surface area (Å²) >= 11 is 0. The van der Waals surface area contributed by atoms with E-state index in [2.05, 4.69) is 39.5 Å². The highest BCUT2D eigenvalue weighted by Crippen LogP contribution is 2.28. The number of nitrogens with two attached hydrogens (primary N) is 1. The van der Waals surface area contributed by atoms with E-state index in [4.69, 9.17) is 5.73 Å². The standard InChI is InChI=1S/C15H19NO/c1-8-9(2)10(3)11(4)12(5)13(6)14(7)15(16)17/h2-8H2,1H3,(H2,16,17). The molecule has 2 nitrogen and oxygen atoms in total. The highest BCUT2D eigenvalue weighted by molar-refractivity contribution is 5.97. The molecule has 0 aliphatic carbocycles. The fraction of sp³-hybridized carbons (Fsp3) is 0.133. The van der Waals surface area contributed by atoms with Crippen molar-refractivity contribution in [3.05, 3.63) is 72.9 Å². The first kappa shape index (κ1) is 14.9. The summed E-state index contributed by atoms with van der Waals surface area (Å²) in [7, 11) is 0. The van der Waals surface area contributed by atoms with Crippen LogP contribution in [-0.2, 0) is 4.79 Å². The zero-order valence-electron chi connectivity index (χ0n) is 10.4. The highest BCUT2D eigenvalue weighted by atomic mass is 16.1. The molecule has 2 N–H and O–H groups in total. The summed E-state index contributed by atoms with van der Waals surface area (Å²) in [5, 5.41) is 0. The molecule has 0 heterocycles. The molecule has 0 aromatic rings. The van der Waals surface area contributed by atoms with Crippen molar-refractivity contribution >= 4 is 5.91 Å². The second-order valence-corrected chi connectivity index (χ2v) is 3.71. The molecule has 0 unspecified atom stereocenters. The van der Waals surface area contributed by atoms with Crippen molar-refractivity contribution in [3.63, 3.8) is 0 Å². The van der Waals surface area contributed by atoms with Crippen LogP contribution in [0.1, 0.15) is 13.3 Å². The quantitative estimate of drug-likeness (QED) is 0.528. The van der Waals surface area contributed by atoms with Gasteiger partial charge in [-0.25, -0.2) is 0 Å². The van der Waals surface area contributed by atoms with Gasteiger partial charge in [0.05, 0.1) is 0 Å². The normalized spacial score (nSPS) is 9.24. The molecule has 0 spiro atoms. The zero-order chi connectivity index (χ0) is 13.7. The molecule has 0 aliphatic heterocycles. The number of hydrogen-bond donors (Lipinski definition) is 1. The van der Waals surface area contributed by atoms with Crippen molar-refractivity contribution in [2.24, 2.45) is 5.73 Å². The summed E-state index contributed by atoms with van der Waals surface area (Å²) in [5.41, 5.74) is 8.32. The molecule has 0 rings (SSSR count). The van der Waals surface area contributed by atoms with Gasteiger partial charge >= 0.3 is 0 Å². The number of carbonyl (C=O) groups excluding carboxylic acids is 1. The second-order valence-electron chi connectivity index (χ2n) is 3.71. The molecule has 0 saturated carbocycles. The largest absolute Gasteiger partial charge is 0.366 e. The first-order valence-electron chi connectivity index (χ1n) is 5.17. The average Bonchev–Trinajstić information content (AvgIpc) is 2.32. The van der Waals surface area contributed by atoms with Gasteiger partial charge in [-0.2, -0.15) is 0 Å². The fourth-order valence-electron chi connectivity index (χ4n) is 1.12. The van der Waals surface area contributed by atoms with Crippen molar-refractivity contribution < 1.29 is 4.79 Å². The Bertz CT molecular complexity index is 450. The van der Waals surface area contributed by atoms with Crippen molar-refractivity contribution in [3.8, 4) is 0 Å². The predicted octanol–water partition coefficient (Wildman–Crippen LogP) is 3.22. The van der Waals surface area contributed by atoms with Gasteiger partial charge in [0.25, 0.3) is 0 Å². The lowest BCUT2D eigenvalue weighted by atomic mass is 9.89. The average molecular weight is 229 g/mol. The molecule has 0 bridgehead atoms. The Labute approximate surface area is 103 Å². The van der Waals surface area contributed by atoms with Crippen LogP contribution in [0.15, 0.2) is 72.9 Å². The summed E-state index contributed by atoms with van der Waals surface area (Å²) in [6.07, 6.45) is 0.772. The van der Waals surface area contributed by atoms with Crippen molar-refractivity contribution in [2.75, 3.05) is 0 Å². The SMILES string of the molecule is C=C(CC)C(=C)C(=C)C(=C)C(=C)C(=C)C(N)=O. The molecule has 0 radical (unpaired) electrons. The maximum Gasteiger partial charge on any atom is 0.248 e. The Balaban J connectivity index is 4.97. The van der Waals surface area contributed by atoms with Gasteiger partial charge in [-0.1, -0.05) is 46.4 Å². The molecule has 0 aliphatic rings. The summed E-state index contributed by atoms with van der Waals surface area (Å²) < 4.78 is 0. The molecule has 0 fully saturated rings. The molecule has 0 aromatic carbocycles. The van der Waals surface area contributed by atoms with Gasteiger partial charge in [-0.15, -0.1) is 0 Å². The Kier molecular flexibility index (Phi) is 5.13. The van der Waals surface area contributed by atoms with Crippen LogP contribution in [0.5, 0.6) is 0 Å². The van der Waals surface area contributed by atoms with Gasteiger partial charge in [0.1, 0.15) is 0 Å². The van der Waals surface area contributed by atoms with E-state index in [1.807, 2.05) is 6.92 Å². The van der Waals surface area contributed by atoms with E-state index in [1.54, 1.807) is 0 Å². The van der Waals surface area contributed by atoms with Crippen LogP contribution in [0.4, 0.5) is 0 Å². The molecule has 0 atom stereocenters.